The van der Waals surface area contributed by atoms with Gasteiger partial charge in [-0.25, -0.2) is 12.8 Å². The summed E-state index contributed by atoms with van der Waals surface area (Å²) in [6.07, 6.45) is 3.84. The van der Waals surface area contributed by atoms with Crippen molar-refractivity contribution in [1.29, 1.82) is 0 Å². The Kier molecular flexibility index (Phi) is 6.23. The molecule has 2 heterocycles. The number of amidine groups is 1. The summed E-state index contributed by atoms with van der Waals surface area (Å²) in [5.74, 6) is 0.380. The van der Waals surface area contributed by atoms with Gasteiger partial charge in [0.15, 0.2) is 12.4 Å². The predicted molar refractivity (Wildman–Crippen MR) is 136 cm³/mol. The molecule has 0 unspecified atom stereocenters. The van der Waals surface area contributed by atoms with Crippen molar-refractivity contribution >= 4 is 38.4 Å². The number of carbonyl (C=O) groups excluding carboxylic acids is 1. The SMILES string of the molecule is CC(C)CCN(c1cc2oc(-c3ccc(F)cc3)c(C3=NOCC(=O)N3)c2cc1C1CC1)S(C)(=O)=O. The van der Waals surface area contributed by atoms with Gasteiger partial charge in [-0.15, -0.1) is 0 Å². The number of anilines is 1. The van der Waals surface area contributed by atoms with E-state index in [2.05, 4.69) is 24.3 Å². The van der Waals surface area contributed by atoms with Crippen molar-refractivity contribution in [2.24, 2.45) is 11.1 Å². The number of hydrogen-bond donors (Lipinski definition) is 1. The van der Waals surface area contributed by atoms with Gasteiger partial charge in [-0.05, 0) is 67.0 Å². The molecule has 1 saturated carbocycles. The number of sulfonamides is 1. The molecule has 1 aromatic heterocycles. The molecule has 36 heavy (non-hydrogen) atoms. The fourth-order valence-electron chi connectivity index (χ4n) is 4.42. The molecule has 2 aliphatic rings. The molecule has 0 bridgehead atoms. The lowest BCUT2D eigenvalue weighted by Gasteiger charge is -2.26. The van der Waals surface area contributed by atoms with Gasteiger partial charge in [0.2, 0.25) is 10.0 Å². The van der Waals surface area contributed by atoms with Crippen molar-refractivity contribution in [2.45, 2.75) is 39.0 Å². The van der Waals surface area contributed by atoms with Crippen LogP contribution in [-0.2, 0) is 19.7 Å². The molecule has 5 rings (SSSR count). The third-order valence-electron chi connectivity index (χ3n) is 6.39. The summed E-state index contributed by atoms with van der Waals surface area (Å²) in [4.78, 5) is 17.2. The molecule has 0 saturated heterocycles. The topological polar surface area (TPSA) is 101 Å². The average molecular weight is 514 g/mol. The first-order chi connectivity index (χ1) is 17.1. The van der Waals surface area contributed by atoms with Crippen molar-refractivity contribution in [3.05, 3.63) is 53.3 Å². The molecule has 0 spiro atoms. The number of nitrogens with one attached hydrogen (secondary N) is 1. The molecular formula is C26H28FN3O5S. The predicted octanol–water partition coefficient (Wildman–Crippen LogP) is 4.74. The van der Waals surface area contributed by atoms with Crippen molar-refractivity contribution in [3.63, 3.8) is 0 Å². The zero-order chi connectivity index (χ0) is 25.6. The van der Waals surface area contributed by atoms with E-state index in [0.717, 1.165) is 18.4 Å². The Morgan fingerprint density at radius 1 is 1.19 bits per heavy atom. The van der Waals surface area contributed by atoms with Crippen LogP contribution in [0.25, 0.3) is 22.3 Å². The van der Waals surface area contributed by atoms with Gasteiger partial charge in [0.05, 0.1) is 17.5 Å². The Morgan fingerprint density at radius 2 is 1.92 bits per heavy atom. The van der Waals surface area contributed by atoms with Crippen LogP contribution in [0.5, 0.6) is 0 Å². The fraction of sp³-hybridized carbons (Fsp3) is 0.385. The second kappa shape index (κ2) is 9.24. The molecule has 1 N–H and O–H groups in total. The summed E-state index contributed by atoms with van der Waals surface area (Å²) in [7, 11) is -3.55. The van der Waals surface area contributed by atoms with Gasteiger partial charge in [-0.1, -0.05) is 19.0 Å². The van der Waals surface area contributed by atoms with Gasteiger partial charge in [-0.2, -0.15) is 0 Å². The Bertz CT molecular complexity index is 1460. The van der Waals surface area contributed by atoms with Crippen LogP contribution in [0.1, 0.15) is 50.2 Å². The molecule has 3 aromatic rings. The van der Waals surface area contributed by atoms with Gasteiger partial charge < -0.3 is 14.6 Å². The first-order valence-corrected chi connectivity index (χ1v) is 13.8. The van der Waals surface area contributed by atoms with Crippen molar-refractivity contribution in [3.8, 4) is 11.3 Å². The van der Waals surface area contributed by atoms with Crippen LogP contribution >= 0.6 is 0 Å². The number of hydrogen-bond acceptors (Lipinski definition) is 6. The molecule has 1 aliphatic carbocycles. The number of carbonyl (C=O) groups is 1. The van der Waals surface area contributed by atoms with E-state index in [-0.39, 0.29) is 24.3 Å². The van der Waals surface area contributed by atoms with E-state index in [0.29, 0.717) is 52.4 Å². The maximum atomic E-state index is 13.7. The van der Waals surface area contributed by atoms with Gasteiger partial charge >= 0.3 is 0 Å². The summed E-state index contributed by atoms with van der Waals surface area (Å²) >= 11 is 0. The lowest BCUT2D eigenvalue weighted by Crippen LogP contribution is -2.37. The normalized spacial score (nSPS) is 16.1. The minimum atomic E-state index is -3.55. The molecule has 0 radical (unpaired) electrons. The van der Waals surface area contributed by atoms with E-state index in [1.807, 2.05) is 6.07 Å². The molecule has 2 aromatic carbocycles. The van der Waals surface area contributed by atoms with E-state index < -0.39 is 15.8 Å². The van der Waals surface area contributed by atoms with Crippen LogP contribution in [0.2, 0.25) is 0 Å². The molecule has 8 nitrogen and oxygen atoms in total. The summed E-state index contributed by atoms with van der Waals surface area (Å²) in [6, 6.07) is 9.50. The van der Waals surface area contributed by atoms with Crippen LogP contribution in [0, 0.1) is 11.7 Å². The summed E-state index contributed by atoms with van der Waals surface area (Å²) in [5, 5.41) is 7.46. The second-order valence-electron chi connectivity index (χ2n) is 9.77. The highest BCUT2D eigenvalue weighted by Crippen LogP contribution is 2.48. The van der Waals surface area contributed by atoms with E-state index in [1.165, 1.54) is 22.7 Å². The number of furan rings is 1. The third kappa shape index (κ3) is 4.82. The number of nitrogens with zero attached hydrogens (tertiary/aromatic N) is 2. The average Bonchev–Trinajstić information content (AvgIpc) is 3.58. The standard InChI is InChI=1S/C26H28FN3O5S/c1-15(2)10-11-30(36(3,32)33)21-13-22-20(12-19(21)16-4-5-16)24(26-28-23(31)14-34-29-26)25(35-22)17-6-8-18(27)9-7-17/h6-9,12-13,15-16H,4-5,10-11,14H2,1-3H3,(H,28,29,31). The first kappa shape index (κ1) is 24.3. The van der Waals surface area contributed by atoms with Crippen LogP contribution in [-0.4, -0.2) is 39.6 Å². The second-order valence-corrected chi connectivity index (χ2v) is 11.7. The zero-order valence-electron chi connectivity index (χ0n) is 20.4. The minimum Gasteiger partial charge on any atom is -0.455 e. The smallest absolute Gasteiger partial charge is 0.266 e. The number of halogens is 1. The van der Waals surface area contributed by atoms with Crippen LogP contribution < -0.4 is 9.62 Å². The molecule has 190 valence electrons. The van der Waals surface area contributed by atoms with E-state index in [4.69, 9.17) is 9.25 Å². The zero-order valence-corrected chi connectivity index (χ0v) is 21.2. The van der Waals surface area contributed by atoms with E-state index in [9.17, 15) is 17.6 Å². The minimum absolute atomic E-state index is 0.193. The highest BCUT2D eigenvalue weighted by Gasteiger charge is 2.33. The van der Waals surface area contributed by atoms with Crippen LogP contribution in [0.4, 0.5) is 10.1 Å². The van der Waals surface area contributed by atoms with Gasteiger partial charge in [-0.3, -0.25) is 9.10 Å². The van der Waals surface area contributed by atoms with Crippen molar-refractivity contribution in [2.75, 3.05) is 23.7 Å². The molecule has 0 atom stereocenters. The monoisotopic (exact) mass is 513 g/mol. The fourth-order valence-corrected chi connectivity index (χ4v) is 5.37. The van der Waals surface area contributed by atoms with Gasteiger partial charge in [0.1, 0.15) is 17.2 Å². The largest absolute Gasteiger partial charge is 0.455 e. The Balaban J connectivity index is 1.75. The summed E-state index contributed by atoms with van der Waals surface area (Å²) in [6.45, 7) is 4.28. The third-order valence-corrected chi connectivity index (χ3v) is 7.57. The lowest BCUT2D eigenvalue weighted by atomic mass is 10.00. The molecule has 10 heteroatoms. The quantitative estimate of drug-likeness (QED) is 0.469. The first-order valence-electron chi connectivity index (χ1n) is 12.0. The van der Waals surface area contributed by atoms with Crippen molar-refractivity contribution in [1.82, 2.24) is 5.32 Å². The number of benzene rings is 2. The highest BCUT2D eigenvalue weighted by molar-refractivity contribution is 7.92. The number of oxime groups is 1. The molecular weight excluding hydrogens is 485 g/mol. The van der Waals surface area contributed by atoms with Crippen LogP contribution in [0.3, 0.4) is 0 Å². The summed E-state index contributed by atoms with van der Waals surface area (Å²) in [5.41, 5.74) is 3.04. The Labute approximate surface area is 209 Å². The number of amides is 1. The highest BCUT2D eigenvalue weighted by atomic mass is 32.2. The van der Waals surface area contributed by atoms with Gasteiger partial charge in [0.25, 0.3) is 5.91 Å². The number of rotatable bonds is 8. The summed E-state index contributed by atoms with van der Waals surface area (Å²) < 4.78 is 47.1. The maximum absolute atomic E-state index is 13.7. The molecule has 1 fully saturated rings. The van der Waals surface area contributed by atoms with Gasteiger partial charge in [0, 0.05) is 23.6 Å². The molecule has 1 aliphatic heterocycles. The number of fused-ring (bicyclic) bond motifs is 1. The van der Waals surface area contributed by atoms with Crippen LogP contribution in [0.15, 0.2) is 46.0 Å². The van der Waals surface area contributed by atoms with E-state index in [1.54, 1.807) is 18.2 Å². The van der Waals surface area contributed by atoms with Crippen molar-refractivity contribution < 1.29 is 26.9 Å². The Morgan fingerprint density at radius 3 is 2.53 bits per heavy atom. The Hall–Kier alpha value is -3.40. The lowest BCUT2D eigenvalue weighted by molar-refractivity contribution is -0.125. The van der Waals surface area contributed by atoms with E-state index >= 15 is 0 Å². The maximum Gasteiger partial charge on any atom is 0.266 e. The molecule has 1 amide bonds.